The second-order valence-electron chi connectivity index (χ2n) is 5.76. The highest BCUT2D eigenvalue weighted by Crippen LogP contribution is 2.23. The van der Waals surface area contributed by atoms with E-state index in [-0.39, 0.29) is 18.4 Å². The minimum absolute atomic E-state index is 0.0932. The fourth-order valence-electron chi connectivity index (χ4n) is 2.49. The summed E-state index contributed by atoms with van der Waals surface area (Å²) in [4.78, 5) is 30.9. The molecule has 0 aliphatic rings. The van der Waals surface area contributed by atoms with E-state index in [0.29, 0.717) is 48.4 Å². The first-order valence-electron chi connectivity index (χ1n) is 8.86. The van der Waals surface area contributed by atoms with Crippen molar-refractivity contribution >= 4 is 28.3 Å². The molecule has 0 aliphatic heterocycles. The molecule has 1 N–H and O–H groups in total. The van der Waals surface area contributed by atoms with Crippen LogP contribution in [0, 0.1) is 0 Å². The number of nitrogens with one attached hydrogen (secondary N) is 1. The standard InChI is InChI=1S/C19H25N3O5S/c1-4-27-8-5-7-22(13-17(23)21-19-20-6-9-28-19)18(24)14-10-15(25-2)12-16(11-14)26-3/h6,9-12H,4-5,7-8,13H2,1-3H3,(H,20,21,23). The van der Waals surface area contributed by atoms with Crippen LogP contribution in [0.1, 0.15) is 23.7 Å². The number of hydrogen-bond donors (Lipinski definition) is 1. The molecule has 0 saturated heterocycles. The van der Waals surface area contributed by atoms with E-state index in [9.17, 15) is 9.59 Å². The van der Waals surface area contributed by atoms with Crippen LogP contribution in [0.2, 0.25) is 0 Å². The van der Waals surface area contributed by atoms with Gasteiger partial charge in [0.15, 0.2) is 5.13 Å². The van der Waals surface area contributed by atoms with E-state index < -0.39 is 0 Å². The van der Waals surface area contributed by atoms with Gasteiger partial charge in [-0.25, -0.2) is 4.98 Å². The van der Waals surface area contributed by atoms with Gasteiger partial charge in [0.05, 0.1) is 14.2 Å². The molecular formula is C19H25N3O5S. The lowest BCUT2D eigenvalue weighted by Crippen LogP contribution is -2.39. The number of rotatable bonds is 11. The summed E-state index contributed by atoms with van der Waals surface area (Å²) in [5.41, 5.74) is 0.384. The Kier molecular flexibility index (Phi) is 8.70. The van der Waals surface area contributed by atoms with Gasteiger partial charge in [-0.1, -0.05) is 0 Å². The average molecular weight is 407 g/mol. The van der Waals surface area contributed by atoms with Gasteiger partial charge in [-0.2, -0.15) is 0 Å². The molecule has 0 radical (unpaired) electrons. The molecule has 1 heterocycles. The van der Waals surface area contributed by atoms with E-state index in [2.05, 4.69) is 10.3 Å². The summed E-state index contributed by atoms with van der Waals surface area (Å²) in [6.45, 7) is 3.31. The molecule has 2 aromatic rings. The molecule has 28 heavy (non-hydrogen) atoms. The molecule has 2 amide bonds. The lowest BCUT2D eigenvalue weighted by molar-refractivity contribution is -0.116. The maximum absolute atomic E-state index is 13.1. The van der Waals surface area contributed by atoms with Crippen LogP contribution in [0.25, 0.3) is 0 Å². The minimum Gasteiger partial charge on any atom is -0.497 e. The van der Waals surface area contributed by atoms with Gasteiger partial charge in [0.2, 0.25) is 5.91 Å². The molecule has 0 saturated carbocycles. The van der Waals surface area contributed by atoms with Crippen molar-refractivity contribution in [1.82, 2.24) is 9.88 Å². The third-order valence-corrected chi connectivity index (χ3v) is 4.51. The van der Waals surface area contributed by atoms with Gasteiger partial charge >= 0.3 is 0 Å². The van der Waals surface area contributed by atoms with Crippen molar-refractivity contribution in [2.45, 2.75) is 13.3 Å². The van der Waals surface area contributed by atoms with Crippen LogP contribution in [-0.2, 0) is 9.53 Å². The summed E-state index contributed by atoms with van der Waals surface area (Å²) >= 11 is 1.32. The number of anilines is 1. The smallest absolute Gasteiger partial charge is 0.254 e. The molecule has 0 unspecified atom stereocenters. The van der Waals surface area contributed by atoms with E-state index >= 15 is 0 Å². The molecular weight excluding hydrogens is 382 g/mol. The van der Waals surface area contributed by atoms with Crippen LogP contribution < -0.4 is 14.8 Å². The number of methoxy groups -OCH3 is 2. The number of ether oxygens (including phenoxy) is 3. The predicted molar refractivity (Wildman–Crippen MR) is 107 cm³/mol. The van der Waals surface area contributed by atoms with Crippen LogP contribution in [-0.4, -0.2) is 62.2 Å². The van der Waals surface area contributed by atoms with Crippen molar-refractivity contribution in [3.05, 3.63) is 35.3 Å². The maximum Gasteiger partial charge on any atom is 0.254 e. The Morgan fingerprint density at radius 3 is 2.46 bits per heavy atom. The van der Waals surface area contributed by atoms with Crippen molar-refractivity contribution in [3.8, 4) is 11.5 Å². The Balaban J connectivity index is 2.14. The number of hydrogen-bond acceptors (Lipinski definition) is 7. The molecule has 8 nitrogen and oxygen atoms in total. The first-order chi connectivity index (χ1) is 13.6. The van der Waals surface area contributed by atoms with E-state index in [4.69, 9.17) is 14.2 Å². The summed E-state index contributed by atoms with van der Waals surface area (Å²) in [5, 5.41) is 4.96. The highest BCUT2D eigenvalue weighted by atomic mass is 32.1. The maximum atomic E-state index is 13.1. The Morgan fingerprint density at radius 2 is 1.89 bits per heavy atom. The van der Waals surface area contributed by atoms with E-state index in [1.165, 1.54) is 30.5 Å². The SMILES string of the molecule is CCOCCCN(CC(=O)Nc1nccs1)C(=O)c1cc(OC)cc(OC)c1. The van der Waals surface area contributed by atoms with Gasteiger partial charge in [0, 0.05) is 43.0 Å². The lowest BCUT2D eigenvalue weighted by Gasteiger charge is -2.22. The van der Waals surface area contributed by atoms with Crippen molar-refractivity contribution in [2.24, 2.45) is 0 Å². The quantitative estimate of drug-likeness (QED) is 0.576. The Morgan fingerprint density at radius 1 is 1.18 bits per heavy atom. The van der Waals surface area contributed by atoms with Gasteiger partial charge in [-0.05, 0) is 25.5 Å². The molecule has 0 atom stereocenters. The summed E-state index contributed by atoms with van der Waals surface area (Å²) in [6.07, 6.45) is 2.22. The first kappa shape index (κ1) is 21.6. The van der Waals surface area contributed by atoms with Gasteiger partial charge in [-0.3, -0.25) is 9.59 Å². The van der Waals surface area contributed by atoms with Gasteiger partial charge in [0.1, 0.15) is 18.0 Å². The highest BCUT2D eigenvalue weighted by Gasteiger charge is 2.20. The normalized spacial score (nSPS) is 10.4. The Hall–Kier alpha value is -2.65. The second kappa shape index (κ2) is 11.3. The molecule has 1 aromatic carbocycles. The predicted octanol–water partition coefficient (Wildman–Crippen LogP) is 2.67. The number of benzene rings is 1. The molecule has 0 spiro atoms. The highest BCUT2D eigenvalue weighted by molar-refractivity contribution is 7.13. The zero-order chi connectivity index (χ0) is 20.4. The van der Waals surface area contributed by atoms with Gasteiger partial charge < -0.3 is 24.4 Å². The molecule has 152 valence electrons. The van der Waals surface area contributed by atoms with Crippen molar-refractivity contribution in [3.63, 3.8) is 0 Å². The summed E-state index contributed by atoms with van der Waals surface area (Å²) in [5.74, 6) is 0.408. The largest absolute Gasteiger partial charge is 0.497 e. The van der Waals surface area contributed by atoms with Crippen LogP contribution in [0.5, 0.6) is 11.5 Å². The Bertz CT molecular complexity index is 745. The fourth-order valence-corrected chi connectivity index (χ4v) is 3.03. The second-order valence-corrected chi connectivity index (χ2v) is 6.66. The molecule has 0 fully saturated rings. The Labute approximate surface area is 168 Å². The number of carbonyl (C=O) groups is 2. The van der Waals surface area contributed by atoms with Crippen LogP contribution >= 0.6 is 11.3 Å². The topological polar surface area (TPSA) is 90.0 Å². The van der Waals surface area contributed by atoms with Crippen LogP contribution in [0.3, 0.4) is 0 Å². The first-order valence-corrected chi connectivity index (χ1v) is 9.74. The fraction of sp³-hybridized carbons (Fsp3) is 0.421. The number of carbonyl (C=O) groups excluding carboxylic acids is 2. The van der Waals surface area contributed by atoms with E-state index in [0.717, 1.165) is 0 Å². The molecule has 2 rings (SSSR count). The molecule has 0 aliphatic carbocycles. The summed E-state index contributed by atoms with van der Waals surface area (Å²) in [7, 11) is 3.04. The van der Waals surface area contributed by atoms with Gasteiger partial charge in [0.25, 0.3) is 5.91 Å². The number of amides is 2. The zero-order valence-corrected chi connectivity index (χ0v) is 17.1. The zero-order valence-electron chi connectivity index (χ0n) is 16.3. The molecule has 1 aromatic heterocycles. The van der Waals surface area contributed by atoms with Crippen LogP contribution in [0.15, 0.2) is 29.8 Å². The molecule has 9 heteroatoms. The average Bonchev–Trinajstić information content (AvgIpc) is 3.22. The van der Waals surface area contributed by atoms with Crippen molar-refractivity contribution < 1.29 is 23.8 Å². The van der Waals surface area contributed by atoms with Crippen molar-refractivity contribution in [1.29, 1.82) is 0 Å². The third-order valence-electron chi connectivity index (χ3n) is 3.82. The van der Waals surface area contributed by atoms with Crippen molar-refractivity contribution in [2.75, 3.05) is 45.8 Å². The summed E-state index contributed by atoms with van der Waals surface area (Å²) in [6, 6.07) is 4.93. The van der Waals surface area contributed by atoms with Gasteiger partial charge in [-0.15, -0.1) is 11.3 Å². The third kappa shape index (κ3) is 6.50. The van der Waals surface area contributed by atoms with Crippen LogP contribution in [0.4, 0.5) is 5.13 Å². The van der Waals surface area contributed by atoms with E-state index in [1.54, 1.807) is 29.8 Å². The molecule has 0 bridgehead atoms. The van der Waals surface area contributed by atoms with E-state index in [1.807, 2.05) is 6.92 Å². The summed E-state index contributed by atoms with van der Waals surface area (Å²) < 4.78 is 15.8. The monoisotopic (exact) mass is 407 g/mol. The minimum atomic E-state index is -0.311. The lowest BCUT2D eigenvalue weighted by atomic mass is 10.1. The number of nitrogens with zero attached hydrogens (tertiary/aromatic N) is 2. The number of thiazole rings is 1. The number of aromatic nitrogens is 1.